The molecule has 1 heterocycles. The Bertz CT molecular complexity index is 369. The number of nitrogens with zero attached hydrogens (tertiary/aromatic N) is 2. The van der Waals surface area contributed by atoms with Gasteiger partial charge < -0.3 is 4.90 Å². The lowest BCUT2D eigenvalue weighted by molar-refractivity contribution is 0.895. The lowest BCUT2D eigenvalue weighted by Gasteiger charge is -2.17. The van der Waals surface area contributed by atoms with Crippen LogP contribution in [0.1, 0.15) is 5.69 Å². The highest BCUT2D eigenvalue weighted by molar-refractivity contribution is 7.07. The predicted octanol–water partition coefficient (Wildman–Crippen LogP) is 2.78. The lowest BCUT2D eigenvalue weighted by atomic mass is 10.3. The molecule has 2 rings (SSSR count). The van der Waals surface area contributed by atoms with Crippen molar-refractivity contribution in [2.45, 2.75) is 6.54 Å². The Hall–Kier alpha value is -1.35. The van der Waals surface area contributed by atoms with Crippen molar-refractivity contribution in [2.75, 3.05) is 11.9 Å². The van der Waals surface area contributed by atoms with E-state index >= 15 is 0 Å². The zero-order valence-corrected chi connectivity index (χ0v) is 8.87. The summed E-state index contributed by atoms with van der Waals surface area (Å²) in [4.78, 5) is 6.45. The minimum Gasteiger partial charge on any atom is -0.369 e. The van der Waals surface area contributed by atoms with Crippen LogP contribution in [0.15, 0.2) is 41.2 Å². The number of para-hydroxylation sites is 1. The van der Waals surface area contributed by atoms with Gasteiger partial charge in [-0.25, -0.2) is 4.98 Å². The molecule has 0 fully saturated rings. The molecule has 14 heavy (non-hydrogen) atoms. The van der Waals surface area contributed by atoms with Crippen molar-refractivity contribution in [2.24, 2.45) is 0 Å². The summed E-state index contributed by atoms with van der Waals surface area (Å²) in [6.07, 6.45) is 0. The van der Waals surface area contributed by atoms with Gasteiger partial charge in [0.25, 0.3) is 0 Å². The predicted molar refractivity (Wildman–Crippen MR) is 60.7 cm³/mol. The first-order valence-corrected chi connectivity index (χ1v) is 5.44. The number of rotatable bonds is 3. The smallest absolute Gasteiger partial charge is 0.0795 e. The fourth-order valence-electron chi connectivity index (χ4n) is 1.33. The minimum atomic E-state index is 0.869. The van der Waals surface area contributed by atoms with Gasteiger partial charge in [0, 0.05) is 18.1 Å². The largest absolute Gasteiger partial charge is 0.369 e. The SMILES string of the molecule is CN(Cc1cscn1)c1ccccc1. The second kappa shape index (κ2) is 4.24. The van der Waals surface area contributed by atoms with Crippen LogP contribution in [0.25, 0.3) is 0 Å². The first-order chi connectivity index (χ1) is 6.86. The molecule has 0 unspecified atom stereocenters. The van der Waals surface area contributed by atoms with Crippen LogP contribution in [-0.4, -0.2) is 12.0 Å². The van der Waals surface area contributed by atoms with E-state index in [0.29, 0.717) is 0 Å². The number of anilines is 1. The molecule has 0 saturated carbocycles. The van der Waals surface area contributed by atoms with E-state index in [0.717, 1.165) is 12.2 Å². The third-order valence-corrected chi connectivity index (χ3v) is 2.71. The Morgan fingerprint density at radius 3 is 2.71 bits per heavy atom. The van der Waals surface area contributed by atoms with Crippen LogP contribution in [0.3, 0.4) is 0 Å². The summed E-state index contributed by atoms with van der Waals surface area (Å²) in [5.41, 5.74) is 4.22. The third kappa shape index (κ3) is 2.12. The van der Waals surface area contributed by atoms with Crippen molar-refractivity contribution in [1.82, 2.24) is 4.98 Å². The van der Waals surface area contributed by atoms with Gasteiger partial charge in [-0.1, -0.05) is 18.2 Å². The van der Waals surface area contributed by atoms with Crippen molar-refractivity contribution in [1.29, 1.82) is 0 Å². The Morgan fingerprint density at radius 2 is 2.07 bits per heavy atom. The quantitative estimate of drug-likeness (QED) is 0.764. The molecule has 2 nitrogen and oxygen atoms in total. The number of aromatic nitrogens is 1. The second-order valence-electron chi connectivity index (χ2n) is 3.17. The Labute approximate surface area is 87.8 Å². The van der Waals surface area contributed by atoms with E-state index in [1.54, 1.807) is 11.3 Å². The standard InChI is InChI=1S/C11H12N2S/c1-13(7-10-8-14-9-12-10)11-5-3-2-4-6-11/h2-6,8-9H,7H2,1H3. The van der Waals surface area contributed by atoms with Crippen LogP contribution in [0.4, 0.5) is 5.69 Å². The molecule has 0 bridgehead atoms. The fraction of sp³-hybridized carbons (Fsp3) is 0.182. The minimum absolute atomic E-state index is 0.869. The van der Waals surface area contributed by atoms with Gasteiger partial charge in [0.2, 0.25) is 0 Å². The lowest BCUT2D eigenvalue weighted by Crippen LogP contribution is -2.16. The summed E-state index contributed by atoms with van der Waals surface area (Å²) in [7, 11) is 2.08. The van der Waals surface area contributed by atoms with Crippen LogP contribution >= 0.6 is 11.3 Å². The Kier molecular flexibility index (Phi) is 2.79. The van der Waals surface area contributed by atoms with E-state index in [1.807, 2.05) is 23.7 Å². The molecule has 72 valence electrons. The number of benzene rings is 1. The normalized spacial score (nSPS) is 10.1. The van der Waals surface area contributed by atoms with Gasteiger partial charge >= 0.3 is 0 Å². The summed E-state index contributed by atoms with van der Waals surface area (Å²) in [5, 5.41) is 2.08. The van der Waals surface area contributed by atoms with E-state index in [-0.39, 0.29) is 0 Å². The first kappa shape index (κ1) is 9.21. The molecule has 0 aliphatic heterocycles. The zero-order chi connectivity index (χ0) is 9.80. The molecule has 0 atom stereocenters. The van der Waals surface area contributed by atoms with E-state index in [1.165, 1.54) is 5.69 Å². The van der Waals surface area contributed by atoms with Gasteiger partial charge in [0.15, 0.2) is 0 Å². The summed E-state index contributed by atoms with van der Waals surface area (Å²) in [6.45, 7) is 0.869. The highest BCUT2D eigenvalue weighted by Crippen LogP contribution is 2.14. The number of hydrogen-bond acceptors (Lipinski definition) is 3. The van der Waals surface area contributed by atoms with Crippen molar-refractivity contribution < 1.29 is 0 Å². The van der Waals surface area contributed by atoms with Crippen LogP contribution in [0.5, 0.6) is 0 Å². The fourth-order valence-corrected chi connectivity index (χ4v) is 1.88. The van der Waals surface area contributed by atoms with E-state index < -0.39 is 0 Å². The Morgan fingerprint density at radius 1 is 1.29 bits per heavy atom. The molecule has 0 aliphatic rings. The van der Waals surface area contributed by atoms with Gasteiger partial charge in [-0.3, -0.25) is 0 Å². The molecule has 0 saturated heterocycles. The third-order valence-electron chi connectivity index (χ3n) is 2.08. The van der Waals surface area contributed by atoms with E-state index in [2.05, 4.69) is 34.4 Å². The van der Waals surface area contributed by atoms with Crippen molar-refractivity contribution in [3.05, 3.63) is 46.9 Å². The van der Waals surface area contributed by atoms with Gasteiger partial charge in [0.05, 0.1) is 17.7 Å². The zero-order valence-electron chi connectivity index (χ0n) is 8.05. The molecule has 0 radical (unpaired) electrons. The molecule has 0 spiro atoms. The summed E-state index contributed by atoms with van der Waals surface area (Å²) < 4.78 is 0. The molecule has 0 N–H and O–H groups in total. The maximum absolute atomic E-state index is 4.26. The van der Waals surface area contributed by atoms with E-state index in [4.69, 9.17) is 0 Å². The molecule has 0 aliphatic carbocycles. The van der Waals surface area contributed by atoms with Crippen LogP contribution in [0.2, 0.25) is 0 Å². The van der Waals surface area contributed by atoms with Crippen LogP contribution < -0.4 is 4.90 Å². The molecule has 2 aromatic rings. The number of thiazole rings is 1. The molecular formula is C11H12N2S. The van der Waals surface area contributed by atoms with Crippen LogP contribution in [0, 0.1) is 0 Å². The Balaban J connectivity index is 2.07. The molecular weight excluding hydrogens is 192 g/mol. The van der Waals surface area contributed by atoms with Gasteiger partial charge in [-0.15, -0.1) is 11.3 Å². The maximum Gasteiger partial charge on any atom is 0.0795 e. The molecule has 1 aromatic heterocycles. The molecule has 1 aromatic carbocycles. The monoisotopic (exact) mass is 204 g/mol. The highest BCUT2D eigenvalue weighted by Gasteiger charge is 2.01. The summed E-state index contributed by atoms with van der Waals surface area (Å²) >= 11 is 1.64. The van der Waals surface area contributed by atoms with Gasteiger partial charge in [-0.2, -0.15) is 0 Å². The highest BCUT2D eigenvalue weighted by atomic mass is 32.1. The average molecular weight is 204 g/mol. The van der Waals surface area contributed by atoms with Crippen molar-refractivity contribution in [3.63, 3.8) is 0 Å². The first-order valence-electron chi connectivity index (χ1n) is 4.49. The topological polar surface area (TPSA) is 16.1 Å². The van der Waals surface area contributed by atoms with Gasteiger partial charge in [0.1, 0.15) is 0 Å². The van der Waals surface area contributed by atoms with Crippen molar-refractivity contribution in [3.8, 4) is 0 Å². The second-order valence-corrected chi connectivity index (χ2v) is 3.89. The van der Waals surface area contributed by atoms with E-state index in [9.17, 15) is 0 Å². The molecule has 3 heteroatoms. The van der Waals surface area contributed by atoms with Crippen molar-refractivity contribution >= 4 is 17.0 Å². The molecule has 0 amide bonds. The number of hydrogen-bond donors (Lipinski definition) is 0. The maximum atomic E-state index is 4.26. The average Bonchev–Trinajstić information content (AvgIpc) is 2.72. The summed E-state index contributed by atoms with van der Waals surface area (Å²) in [5.74, 6) is 0. The van der Waals surface area contributed by atoms with Gasteiger partial charge in [-0.05, 0) is 12.1 Å². The van der Waals surface area contributed by atoms with Crippen LogP contribution in [-0.2, 0) is 6.54 Å². The summed E-state index contributed by atoms with van der Waals surface area (Å²) in [6, 6.07) is 10.3.